The number of hydrogen-bond donors (Lipinski definition) is 3. The van der Waals surface area contributed by atoms with Crippen LogP contribution in [-0.4, -0.2) is 29.6 Å². The van der Waals surface area contributed by atoms with E-state index >= 15 is 0 Å². The smallest absolute Gasteiger partial charge is 0.328 e. The number of nitrogens with one attached hydrogen (secondary N) is 2. The topological polar surface area (TPSA) is 95.5 Å². The van der Waals surface area contributed by atoms with Crippen molar-refractivity contribution in [2.24, 2.45) is 0 Å². The van der Waals surface area contributed by atoms with Gasteiger partial charge >= 0.3 is 12.0 Å². The lowest BCUT2D eigenvalue weighted by Crippen LogP contribution is -2.39. The zero-order valence-electron chi connectivity index (χ0n) is 9.68. The molecule has 0 spiro atoms. The number of carboxylic acids is 1. The van der Waals surface area contributed by atoms with Gasteiger partial charge in [-0.25, -0.2) is 9.59 Å². The van der Waals surface area contributed by atoms with Crippen molar-refractivity contribution in [1.82, 2.24) is 10.6 Å². The summed E-state index contributed by atoms with van der Waals surface area (Å²) in [4.78, 5) is 33.5. The van der Waals surface area contributed by atoms with Gasteiger partial charge in [-0.15, -0.1) is 11.3 Å². The molecule has 0 aliphatic carbocycles. The highest BCUT2D eigenvalue weighted by molar-refractivity contribution is 7.16. The number of hydrogen-bond acceptors (Lipinski definition) is 4. The van der Waals surface area contributed by atoms with Gasteiger partial charge in [0.2, 0.25) is 0 Å². The number of carboxylic acid groups (broad SMARTS) is 1. The summed E-state index contributed by atoms with van der Waals surface area (Å²) in [7, 11) is 0. The first kappa shape index (κ1) is 15.2. The third-order valence-electron chi connectivity index (χ3n) is 1.90. The Morgan fingerprint density at radius 3 is 2.63 bits per heavy atom. The van der Waals surface area contributed by atoms with Crippen LogP contribution >= 0.6 is 22.9 Å². The average Bonchev–Trinajstić information content (AvgIpc) is 2.72. The minimum atomic E-state index is -1.26. The Labute approximate surface area is 118 Å². The zero-order chi connectivity index (χ0) is 14.3. The molecule has 1 aromatic rings. The maximum Gasteiger partial charge on any atom is 0.328 e. The molecule has 0 aliphatic heterocycles. The standard InChI is InChI=1S/C11H11ClN2O4S/c12-8-2-1-7(19-8)5-6-13-11(18)14-9(15)3-4-10(16)17/h1-4H,5-6H2,(H,16,17)(H2,13,14,15,18)/b4-3+. The maximum atomic E-state index is 11.2. The van der Waals surface area contributed by atoms with Crippen LogP contribution in [0.25, 0.3) is 0 Å². The van der Waals surface area contributed by atoms with Crippen LogP contribution in [0, 0.1) is 0 Å². The van der Waals surface area contributed by atoms with Crippen LogP contribution < -0.4 is 10.6 Å². The average molecular weight is 303 g/mol. The minimum absolute atomic E-state index is 0.346. The quantitative estimate of drug-likeness (QED) is 0.717. The molecule has 8 heteroatoms. The van der Waals surface area contributed by atoms with Crippen molar-refractivity contribution >= 4 is 40.8 Å². The Bertz CT molecular complexity index is 513. The van der Waals surface area contributed by atoms with Crippen LogP contribution in [0.3, 0.4) is 0 Å². The summed E-state index contributed by atoms with van der Waals surface area (Å²) >= 11 is 7.16. The number of aliphatic carboxylic acids is 1. The molecule has 0 saturated heterocycles. The third kappa shape index (κ3) is 6.58. The highest BCUT2D eigenvalue weighted by Gasteiger charge is 2.05. The molecule has 0 fully saturated rings. The van der Waals surface area contributed by atoms with Gasteiger partial charge in [0.05, 0.1) is 4.34 Å². The van der Waals surface area contributed by atoms with Gasteiger partial charge in [0.25, 0.3) is 5.91 Å². The minimum Gasteiger partial charge on any atom is -0.478 e. The zero-order valence-corrected chi connectivity index (χ0v) is 11.3. The Morgan fingerprint density at radius 2 is 2.05 bits per heavy atom. The number of halogens is 1. The normalized spacial score (nSPS) is 10.4. The first-order valence-electron chi connectivity index (χ1n) is 5.21. The fraction of sp³-hybridized carbons (Fsp3) is 0.182. The molecule has 3 amide bonds. The van der Waals surface area contributed by atoms with Gasteiger partial charge in [0.1, 0.15) is 0 Å². The van der Waals surface area contributed by atoms with E-state index in [-0.39, 0.29) is 0 Å². The van der Waals surface area contributed by atoms with Gasteiger partial charge < -0.3 is 10.4 Å². The van der Waals surface area contributed by atoms with Gasteiger partial charge in [0, 0.05) is 23.6 Å². The van der Waals surface area contributed by atoms with E-state index in [9.17, 15) is 14.4 Å². The highest BCUT2D eigenvalue weighted by Crippen LogP contribution is 2.21. The summed E-state index contributed by atoms with van der Waals surface area (Å²) in [6.07, 6.45) is 2.02. The fourth-order valence-electron chi connectivity index (χ4n) is 1.13. The van der Waals surface area contributed by atoms with Gasteiger partial charge in [-0.2, -0.15) is 0 Å². The molecule has 6 nitrogen and oxygen atoms in total. The molecule has 102 valence electrons. The van der Waals surface area contributed by atoms with Gasteiger partial charge in [-0.05, 0) is 18.6 Å². The van der Waals surface area contributed by atoms with Crippen molar-refractivity contribution in [2.45, 2.75) is 6.42 Å². The number of urea groups is 1. The van der Waals surface area contributed by atoms with Crippen LogP contribution in [-0.2, 0) is 16.0 Å². The molecular weight excluding hydrogens is 292 g/mol. The lowest BCUT2D eigenvalue weighted by Gasteiger charge is -2.03. The molecule has 0 unspecified atom stereocenters. The van der Waals surface area contributed by atoms with Crippen molar-refractivity contribution in [3.8, 4) is 0 Å². The number of amides is 3. The molecule has 1 heterocycles. The molecule has 1 aromatic heterocycles. The van der Waals surface area contributed by atoms with E-state index in [0.29, 0.717) is 23.4 Å². The van der Waals surface area contributed by atoms with E-state index < -0.39 is 17.9 Å². The SMILES string of the molecule is O=C(O)/C=C/C(=O)NC(=O)NCCc1ccc(Cl)s1. The molecule has 3 N–H and O–H groups in total. The first-order valence-corrected chi connectivity index (χ1v) is 6.41. The number of imide groups is 1. The van der Waals surface area contributed by atoms with Gasteiger partial charge in [-0.3, -0.25) is 10.1 Å². The molecule has 0 aliphatic rings. The van der Waals surface area contributed by atoms with Crippen LogP contribution in [0.1, 0.15) is 4.88 Å². The van der Waals surface area contributed by atoms with E-state index in [1.165, 1.54) is 11.3 Å². The molecule has 0 bridgehead atoms. The van der Waals surface area contributed by atoms with Crippen molar-refractivity contribution in [3.05, 3.63) is 33.5 Å². The predicted molar refractivity (Wildman–Crippen MR) is 71.4 cm³/mol. The van der Waals surface area contributed by atoms with Crippen LogP contribution in [0.2, 0.25) is 4.34 Å². The second kappa shape index (κ2) is 7.55. The van der Waals surface area contributed by atoms with Crippen molar-refractivity contribution in [3.63, 3.8) is 0 Å². The summed E-state index contributed by atoms with van der Waals surface area (Å²) in [5, 5.41) is 12.7. The van der Waals surface area contributed by atoms with Gasteiger partial charge in [0.15, 0.2) is 0 Å². The van der Waals surface area contributed by atoms with E-state index in [1.54, 1.807) is 6.07 Å². The predicted octanol–water partition coefficient (Wildman–Crippen LogP) is 1.41. The monoisotopic (exact) mass is 302 g/mol. The number of rotatable bonds is 5. The molecule has 0 aromatic carbocycles. The highest BCUT2D eigenvalue weighted by atomic mass is 35.5. The van der Waals surface area contributed by atoms with Crippen molar-refractivity contribution in [2.75, 3.05) is 6.54 Å². The summed E-state index contributed by atoms with van der Waals surface area (Å²) in [6, 6.07) is 2.94. The molecule has 0 atom stereocenters. The van der Waals surface area contributed by atoms with Gasteiger partial charge in [-0.1, -0.05) is 11.6 Å². The van der Waals surface area contributed by atoms with E-state index in [1.807, 2.05) is 11.4 Å². The van der Waals surface area contributed by atoms with Crippen molar-refractivity contribution < 1.29 is 19.5 Å². The number of carbonyl (C=O) groups excluding carboxylic acids is 2. The summed E-state index contributed by atoms with van der Waals surface area (Å²) in [5.41, 5.74) is 0. The molecule has 0 radical (unpaired) electrons. The summed E-state index contributed by atoms with van der Waals surface area (Å²) in [6.45, 7) is 0.346. The van der Waals surface area contributed by atoms with Crippen LogP contribution in [0.15, 0.2) is 24.3 Å². The molecule has 1 rings (SSSR count). The third-order valence-corrected chi connectivity index (χ3v) is 3.19. The Balaban J connectivity index is 2.24. The summed E-state index contributed by atoms with van der Waals surface area (Å²) < 4.78 is 0.674. The fourth-order valence-corrected chi connectivity index (χ4v) is 2.22. The van der Waals surface area contributed by atoms with Crippen LogP contribution in [0.5, 0.6) is 0 Å². The lowest BCUT2D eigenvalue weighted by atomic mass is 10.3. The second-order valence-corrected chi connectivity index (χ2v) is 5.17. The Kier molecular flexibility index (Phi) is 6.04. The lowest BCUT2D eigenvalue weighted by molar-refractivity contribution is -0.131. The largest absolute Gasteiger partial charge is 0.478 e. The van der Waals surface area contributed by atoms with E-state index in [4.69, 9.17) is 16.7 Å². The maximum absolute atomic E-state index is 11.2. The number of thiophene rings is 1. The molecule has 0 saturated carbocycles. The molecule has 19 heavy (non-hydrogen) atoms. The van der Waals surface area contributed by atoms with Crippen molar-refractivity contribution in [1.29, 1.82) is 0 Å². The molecular formula is C11H11ClN2O4S. The first-order chi connectivity index (χ1) is 8.97. The van der Waals surface area contributed by atoms with E-state index in [2.05, 4.69) is 5.32 Å². The summed E-state index contributed by atoms with van der Waals surface area (Å²) in [5.74, 6) is -2.05. The van der Waals surface area contributed by atoms with E-state index in [0.717, 1.165) is 11.0 Å². The van der Waals surface area contributed by atoms with Crippen LogP contribution in [0.4, 0.5) is 4.79 Å². The number of carbonyl (C=O) groups is 3. The Morgan fingerprint density at radius 1 is 1.32 bits per heavy atom. The Hall–Kier alpha value is -1.86. The second-order valence-electron chi connectivity index (χ2n) is 3.37.